The van der Waals surface area contributed by atoms with Crippen molar-refractivity contribution in [2.24, 2.45) is 5.92 Å². The van der Waals surface area contributed by atoms with Crippen LogP contribution >= 0.6 is 0 Å². The van der Waals surface area contributed by atoms with E-state index in [4.69, 9.17) is 4.74 Å². The zero-order valence-corrected chi connectivity index (χ0v) is 16.0. The highest BCUT2D eigenvalue weighted by Gasteiger charge is 2.25. The van der Waals surface area contributed by atoms with E-state index >= 15 is 0 Å². The predicted octanol–water partition coefficient (Wildman–Crippen LogP) is 3.51. The lowest BCUT2D eigenvalue weighted by Gasteiger charge is -2.33. The predicted molar refractivity (Wildman–Crippen MR) is 107 cm³/mol. The molecule has 6 nitrogen and oxygen atoms in total. The fraction of sp³-hybridized carbons (Fsp3) is 0.318. The average molecular weight is 376 g/mol. The molecule has 0 saturated carbocycles. The van der Waals surface area contributed by atoms with Crippen molar-refractivity contribution < 1.29 is 9.53 Å². The molecule has 1 saturated heterocycles. The molecule has 28 heavy (non-hydrogen) atoms. The second-order valence-corrected chi connectivity index (χ2v) is 7.16. The molecule has 3 aromatic rings. The third kappa shape index (κ3) is 4.06. The van der Waals surface area contributed by atoms with Crippen molar-refractivity contribution in [2.45, 2.75) is 19.4 Å². The minimum absolute atomic E-state index is 0.0834. The SMILES string of the molecule is COc1cccc(-c2cccc(C(=O)N3CCCC(Cn4ccnc4)C3)c2)n1. The summed E-state index contributed by atoms with van der Waals surface area (Å²) in [5.41, 5.74) is 2.41. The number of nitrogens with zero attached hydrogens (tertiary/aromatic N) is 4. The first-order valence-corrected chi connectivity index (χ1v) is 9.59. The Morgan fingerprint density at radius 3 is 2.96 bits per heavy atom. The maximum Gasteiger partial charge on any atom is 0.253 e. The lowest BCUT2D eigenvalue weighted by Crippen LogP contribution is -2.41. The molecular formula is C22H24N4O2. The number of imidazole rings is 1. The summed E-state index contributed by atoms with van der Waals surface area (Å²) in [4.78, 5) is 23.7. The number of likely N-dealkylation sites (tertiary alicyclic amines) is 1. The molecule has 1 aliphatic heterocycles. The van der Waals surface area contributed by atoms with Crippen molar-refractivity contribution in [3.63, 3.8) is 0 Å². The molecule has 0 aliphatic carbocycles. The third-order valence-electron chi connectivity index (χ3n) is 5.17. The van der Waals surface area contributed by atoms with Gasteiger partial charge in [-0.2, -0.15) is 0 Å². The molecule has 3 heterocycles. The Kier molecular flexibility index (Phi) is 5.37. The van der Waals surface area contributed by atoms with E-state index in [1.807, 2.05) is 59.9 Å². The second-order valence-electron chi connectivity index (χ2n) is 7.16. The Bertz CT molecular complexity index is 939. The minimum atomic E-state index is 0.0834. The van der Waals surface area contributed by atoms with Gasteiger partial charge in [0.2, 0.25) is 5.88 Å². The van der Waals surface area contributed by atoms with Gasteiger partial charge in [0.15, 0.2) is 0 Å². The number of methoxy groups -OCH3 is 1. The molecule has 0 N–H and O–H groups in total. The van der Waals surface area contributed by atoms with E-state index in [0.717, 1.165) is 43.7 Å². The Labute approximate surface area is 164 Å². The lowest BCUT2D eigenvalue weighted by molar-refractivity contribution is 0.0662. The van der Waals surface area contributed by atoms with Gasteiger partial charge in [-0.25, -0.2) is 9.97 Å². The summed E-state index contributed by atoms with van der Waals surface area (Å²) in [5.74, 6) is 1.10. The molecule has 1 atom stereocenters. The summed E-state index contributed by atoms with van der Waals surface area (Å²) in [6.07, 6.45) is 7.78. The largest absolute Gasteiger partial charge is 0.481 e. The number of rotatable bonds is 5. The van der Waals surface area contributed by atoms with E-state index in [9.17, 15) is 4.79 Å². The van der Waals surface area contributed by atoms with Gasteiger partial charge >= 0.3 is 0 Å². The van der Waals surface area contributed by atoms with Crippen LogP contribution in [0.1, 0.15) is 23.2 Å². The Morgan fingerprint density at radius 2 is 2.14 bits per heavy atom. The number of carbonyl (C=O) groups is 1. The first-order chi connectivity index (χ1) is 13.7. The average Bonchev–Trinajstić information content (AvgIpc) is 3.26. The number of benzene rings is 1. The topological polar surface area (TPSA) is 60.2 Å². The Morgan fingerprint density at radius 1 is 1.25 bits per heavy atom. The number of piperidine rings is 1. The fourth-order valence-electron chi connectivity index (χ4n) is 3.77. The third-order valence-corrected chi connectivity index (χ3v) is 5.17. The van der Waals surface area contributed by atoms with Crippen molar-refractivity contribution in [1.29, 1.82) is 0 Å². The quantitative estimate of drug-likeness (QED) is 0.684. The zero-order valence-electron chi connectivity index (χ0n) is 16.0. The van der Waals surface area contributed by atoms with Crippen LogP contribution in [0.15, 0.2) is 61.2 Å². The highest BCUT2D eigenvalue weighted by atomic mass is 16.5. The van der Waals surface area contributed by atoms with Gasteiger partial charge in [-0.3, -0.25) is 4.79 Å². The van der Waals surface area contributed by atoms with E-state index in [2.05, 4.69) is 14.5 Å². The number of carbonyl (C=O) groups excluding carboxylic acids is 1. The summed E-state index contributed by atoms with van der Waals surface area (Å²) < 4.78 is 7.30. The molecule has 0 bridgehead atoms. The summed E-state index contributed by atoms with van der Waals surface area (Å²) >= 11 is 0. The first-order valence-electron chi connectivity index (χ1n) is 9.59. The summed E-state index contributed by atoms with van der Waals surface area (Å²) in [6, 6.07) is 13.3. The molecule has 144 valence electrons. The molecule has 6 heteroatoms. The maximum atomic E-state index is 13.1. The van der Waals surface area contributed by atoms with Gasteiger partial charge in [0.25, 0.3) is 5.91 Å². The van der Waals surface area contributed by atoms with Crippen LogP contribution in [0.2, 0.25) is 0 Å². The molecule has 1 unspecified atom stereocenters. The number of aromatic nitrogens is 3. The molecular weight excluding hydrogens is 352 g/mol. The van der Waals surface area contributed by atoms with Crippen LogP contribution < -0.4 is 4.74 Å². The van der Waals surface area contributed by atoms with Crippen LogP contribution in [-0.4, -0.2) is 45.5 Å². The number of amides is 1. The van der Waals surface area contributed by atoms with Crippen molar-refractivity contribution in [2.75, 3.05) is 20.2 Å². The number of hydrogen-bond donors (Lipinski definition) is 0. The lowest BCUT2D eigenvalue weighted by atomic mass is 9.97. The van der Waals surface area contributed by atoms with Gasteiger partial charge in [-0.05, 0) is 37.0 Å². The van der Waals surface area contributed by atoms with Crippen LogP contribution in [0.25, 0.3) is 11.3 Å². The van der Waals surface area contributed by atoms with Gasteiger partial charge in [0.1, 0.15) is 0 Å². The second kappa shape index (κ2) is 8.25. The standard InChI is InChI=1S/C22H24N4O2/c1-28-21-9-3-8-20(24-21)18-6-2-7-19(13-18)22(27)26-11-4-5-17(15-26)14-25-12-10-23-16-25/h2-3,6-10,12-13,16-17H,4-5,11,14-15H2,1H3. The number of pyridine rings is 1. The molecule has 1 aliphatic rings. The molecule has 4 rings (SSSR count). The zero-order chi connectivity index (χ0) is 19.3. The summed E-state index contributed by atoms with van der Waals surface area (Å²) in [5, 5.41) is 0. The molecule has 0 spiro atoms. The molecule has 1 amide bonds. The van der Waals surface area contributed by atoms with E-state index < -0.39 is 0 Å². The normalized spacial score (nSPS) is 16.8. The minimum Gasteiger partial charge on any atom is -0.481 e. The van der Waals surface area contributed by atoms with Crippen LogP contribution in [0.5, 0.6) is 5.88 Å². The van der Waals surface area contributed by atoms with Gasteiger partial charge < -0.3 is 14.2 Å². The molecule has 0 radical (unpaired) electrons. The first kappa shape index (κ1) is 18.2. The van der Waals surface area contributed by atoms with Crippen LogP contribution in [0.3, 0.4) is 0 Å². The van der Waals surface area contributed by atoms with Crippen LogP contribution in [-0.2, 0) is 6.54 Å². The van der Waals surface area contributed by atoms with Gasteiger partial charge in [-0.1, -0.05) is 18.2 Å². The van der Waals surface area contributed by atoms with Crippen molar-refractivity contribution >= 4 is 5.91 Å². The highest BCUT2D eigenvalue weighted by molar-refractivity contribution is 5.95. The summed E-state index contributed by atoms with van der Waals surface area (Å²) in [7, 11) is 1.60. The Hall–Kier alpha value is -3.15. The summed E-state index contributed by atoms with van der Waals surface area (Å²) in [6.45, 7) is 2.48. The molecule has 1 fully saturated rings. The van der Waals surface area contributed by atoms with Crippen LogP contribution in [0, 0.1) is 5.92 Å². The maximum absolute atomic E-state index is 13.1. The Balaban J connectivity index is 1.49. The molecule has 2 aromatic heterocycles. The highest BCUT2D eigenvalue weighted by Crippen LogP contribution is 2.24. The monoisotopic (exact) mass is 376 g/mol. The number of hydrogen-bond acceptors (Lipinski definition) is 4. The van der Waals surface area contributed by atoms with Crippen molar-refractivity contribution in [1.82, 2.24) is 19.4 Å². The van der Waals surface area contributed by atoms with E-state index in [1.165, 1.54) is 0 Å². The van der Waals surface area contributed by atoms with E-state index in [1.54, 1.807) is 13.3 Å². The molecule has 1 aromatic carbocycles. The van der Waals surface area contributed by atoms with E-state index in [0.29, 0.717) is 17.4 Å². The van der Waals surface area contributed by atoms with Gasteiger partial charge in [0, 0.05) is 49.2 Å². The fourth-order valence-corrected chi connectivity index (χ4v) is 3.77. The smallest absolute Gasteiger partial charge is 0.253 e. The van der Waals surface area contributed by atoms with Gasteiger partial charge in [0.05, 0.1) is 19.1 Å². The van der Waals surface area contributed by atoms with E-state index in [-0.39, 0.29) is 5.91 Å². The van der Waals surface area contributed by atoms with Crippen molar-refractivity contribution in [3.05, 3.63) is 66.7 Å². The number of ether oxygens (including phenoxy) is 1. The van der Waals surface area contributed by atoms with Crippen LogP contribution in [0.4, 0.5) is 0 Å². The van der Waals surface area contributed by atoms with Crippen molar-refractivity contribution in [3.8, 4) is 17.1 Å². The van der Waals surface area contributed by atoms with Gasteiger partial charge in [-0.15, -0.1) is 0 Å².